The van der Waals surface area contributed by atoms with Gasteiger partial charge in [0.1, 0.15) is 0 Å². The maximum atomic E-state index is 14.1. The van der Waals surface area contributed by atoms with Gasteiger partial charge in [-0.15, -0.1) is 0 Å². The molecule has 8 heteroatoms. The Bertz CT molecular complexity index is 896. The van der Waals surface area contributed by atoms with E-state index in [1.165, 1.54) is 6.20 Å². The molecule has 2 atom stereocenters. The van der Waals surface area contributed by atoms with Crippen molar-refractivity contribution >= 4 is 28.4 Å². The van der Waals surface area contributed by atoms with Crippen molar-refractivity contribution in [1.29, 1.82) is 0 Å². The van der Waals surface area contributed by atoms with Crippen LogP contribution in [0, 0.1) is 11.7 Å². The molecule has 2 saturated heterocycles. The molecule has 5 rings (SSSR count). The van der Waals surface area contributed by atoms with Gasteiger partial charge in [-0.2, -0.15) is 10.1 Å². The molecule has 122 valence electrons. The van der Waals surface area contributed by atoms with Gasteiger partial charge in [-0.1, -0.05) is 0 Å². The van der Waals surface area contributed by atoms with Crippen LogP contribution in [0.3, 0.4) is 0 Å². The minimum atomic E-state index is -0.466. The first-order valence-electron chi connectivity index (χ1n) is 7.97. The third kappa shape index (κ3) is 2.18. The number of aromatic amines is 1. The summed E-state index contributed by atoms with van der Waals surface area (Å²) in [4.78, 5) is 10.7. The highest BCUT2D eigenvalue weighted by Crippen LogP contribution is 2.28. The van der Waals surface area contributed by atoms with Gasteiger partial charge in [-0.3, -0.25) is 5.10 Å². The number of hydrogen-bond donors (Lipinski definition) is 3. The number of anilines is 3. The number of rotatable bonds is 3. The Morgan fingerprint density at radius 2 is 2.21 bits per heavy atom. The predicted molar refractivity (Wildman–Crippen MR) is 88.9 cm³/mol. The molecule has 0 amide bonds. The van der Waals surface area contributed by atoms with E-state index in [-0.39, 0.29) is 5.82 Å². The van der Waals surface area contributed by atoms with Gasteiger partial charge in [0.05, 0.1) is 17.9 Å². The van der Waals surface area contributed by atoms with Gasteiger partial charge >= 0.3 is 0 Å². The fourth-order valence-electron chi connectivity index (χ4n) is 3.37. The van der Waals surface area contributed by atoms with E-state index >= 15 is 0 Å². The SMILES string of the molecule is Fc1cnc(N2CC3CNC3C2)nc1Nc1ccc2[nH]ncc2c1. The lowest BCUT2D eigenvalue weighted by Crippen LogP contribution is -2.51. The highest BCUT2D eigenvalue weighted by molar-refractivity contribution is 5.82. The molecule has 2 unspecified atom stereocenters. The zero-order chi connectivity index (χ0) is 16.1. The van der Waals surface area contributed by atoms with E-state index in [4.69, 9.17) is 0 Å². The molecule has 0 bridgehead atoms. The van der Waals surface area contributed by atoms with Gasteiger partial charge in [0.25, 0.3) is 0 Å². The van der Waals surface area contributed by atoms with Crippen LogP contribution in [-0.4, -0.2) is 45.8 Å². The average Bonchev–Trinajstić information content (AvgIpc) is 3.14. The topological polar surface area (TPSA) is 81.8 Å². The predicted octanol–water partition coefficient (Wildman–Crippen LogP) is 1.64. The third-order valence-electron chi connectivity index (χ3n) is 4.80. The second-order valence-electron chi connectivity index (χ2n) is 6.34. The summed E-state index contributed by atoms with van der Waals surface area (Å²) in [5, 5.41) is 14.3. The molecule has 1 aromatic carbocycles. The second-order valence-corrected chi connectivity index (χ2v) is 6.34. The Morgan fingerprint density at radius 1 is 1.25 bits per heavy atom. The minimum absolute atomic E-state index is 0.190. The van der Waals surface area contributed by atoms with Gasteiger partial charge in [-0.05, 0) is 18.2 Å². The Kier molecular flexibility index (Phi) is 2.93. The number of H-pyrrole nitrogens is 1. The van der Waals surface area contributed by atoms with Crippen molar-refractivity contribution < 1.29 is 4.39 Å². The first kappa shape index (κ1) is 13.7. The van der Waals surface area contributed by atoms with E-state index in [1.807, 2.05) is 18.2 Å². The summed E-state index contributed by atoms with van der Waals surface area (Å²) in [7, 11) is 0. The molecule has 0 radical (unpaired) electrons. The number of fused-ring (bicyclic) bond motifs is 2. The number of aromatic nitrogens is 4. The molecule has 2 aliphatic rings. The van der Waals surface area contributed by atoms with Gasteiger partial charge in [-0.25, -0.2) is 9.37 Å². The first-order valence-corrected chi connectivity index (χ1v) is 7.97. The zero-order valence-electron chi connectivity index (χ0n) is 12.8. The second kappa shape index (κ2) is 5.13. The number of nitrogens with zero attached hydrogens (tertiary/aromatic N) is 4. The number of hydrogen-bond acceptors (Lipinski definition) is 6. The summed E-state index contributed by atoms with van der Waals surface area (Å²) in [5.74, 6) is 0.944. The largest absolute Gasteiger partial charge is 0.339 e. The number of nitrogens with one attached hydrogen (secondary N) is 3. The van der Waals surface area contributed by atoms with Gasteiger partial charge in [0.2, 0.25) is 5.95 Å². The molecule has 2 aliphatic heterocycles. The van der Waals surface area contributed by atoms with Crippen LogP contribution in [0.5, 0.6) is 0 Å². The van der Waals surface area contributed by atoms with E-state index in [2.05, 4.69) is 35.7 Å². The standard InChI is InChI=1S/C16H16FN7/c17-12-6-19-16(24-7-10-4-18-14(10)8-24)22-15(12)21-11-1-2-13-9(3-11)5-20-23-13/h1-3,5-6,10,14,18H,4,7-8H2,(H,20,23)(H,19,21,22). The van der Waals surface area contributed by atoms with Crippen LogP contribution < -0.4 is 15.5 Å². The van der Waals surface area contributed by atoms with Crippen molar-refractivity contribution in [2.75, 3.05) is 29.9 Å². The molecular formula is C16H16FN7. The fraction of sp³-hybridized carbons (Fsp3) is 0.312. The average molecular weight is 325 g/mol. The van der Waals surface area contributed by atoms with Crippen molar-refractivity contribution in [3.05, 3.63) is 36.4 Å². The van der Waals surface area contributed by atoms with E-state index in [1.54, 1.807) is 6.20 Å². The van der Waals surface area contributed by atoms with Crippen LogP contribution in [0.2, 0.25) is 0 Å². The first-order chi connectivity index (χ1) is 11.8. The molecule has 7 nitrogen and oxygen atoms in total. The third-order valence-corrected chi connectivity index (χ3v) is 4.80. The quantitative estimate of drug-likeness (QED) is 0.679. The van der Waals surface area contributed by atoms with E-state index in [0.29, 0.717) is 17.9 Å². The maximum Gasteiger partial charge on any atom is 0.227 e. The van der Waals surface area contributed by atoms with Crippen molar-refractivity contribution in [2.45, 2.75) is 6.04 Å². The van der Waals surface area contributed by atoms with Crippen LogP contribution in [0.1, 0.15) is 0 Å². The van der Waals surface area contributed by atoms with Crippen molar-refractivity contribution in [1.82, 2.24) is 25.5 Å². The molecule has 0 aliphatic carbocycles. The fourth-order valence-corrected chi connectivity index (χ4v) is 3.37. The normalized spacial score (nSPS) is 22.5. The highest BCUT2D eigenvalue weighted by Gasteiger charge is 2.40. The van der Waals surface area contributed by atoms with E-state index < -0.39 is 5.82 Å². The van der Waals surface area contributed by atoms with Crippen LogP contribution in [-0.2, 0) is 0 Å². The molecule has 0 saturated carbocycles. The molecule has 2 fully saturated rings. The Hall–Kier alpha value is -2.74. The smallest absolute Gasteiger partial charge is 0.227 e. The number of benzene rings is 1. The lowest BCUT2D eigenvalue weighted by atomic mass is 9.96. The van der Waals surface area contributed by atoms with Gasteiger partial charge in [0.15, 0.2) is 11.6 Å². The van der Waals surface area contributed by atoms with Gasteiger partial charge in [0, 0.05) is 42.7 Å². The summed E-state index contributed by atoms with van der Waals surface area (Å²) in [5.41, 5.74) is 1.69. The summed E-state index contributed by atoms with van der Waals surface area (Å²) < 4.78 is 14.1. The highest BCUT2D eigenvalue weighted by atomic mass is 19.1. The Balaban J connectivity index is 1.43. The van der Waals surface area contributed by atoms with Crippen LogP contribution in [0.25, 0.3) is 10.9 Å². The lowest BCUT2D eigenvalue weighted by Gasteiger charge is -2.29. The molecular weight excluding hydrogens is 309 g/mol. The minimum Gasteiger partial charge on any atom is -0.339 e. The zero-order valence-corrected chi connectivity index (χ0v) is 12.8. The van der Waals surface area contributed by atoms with E-state index in [9.17, 15) is 4.39 Å². The van der Waals surface area contributed by atoms with Crippen LogP contribution in [0.15, 0.2) is 30.6 Å². The van der Waals surface area contributed by atoms with Crippen molar-refractivity contribution in [3.8, 4) is 0 Å². The van der Waals surface area contributed by atoms with Crippen LogP contribution in [0.4, 0.5) is 21.8 Å². The lowest BCUT2D eigenvalue weighted by molar-refractivity contribution is 0.297. The molecule has 3 aromatic rings. The van der Waals surface area contributed by atoms with Crippen LogP contribution >= 0.6 is 0 Å². The van der Waals surface area contributed by atoms with Crippen molar-refractivity contribution in [3.63, 3.8) is 0 Å². The molecule has 3 N–H and O–H groups in total. The van der Waals surface area contributed by atoms with E-state index in [0.717, 1.165) is 36.2 Å². The van der Waals surface area contributed by atoms with Gasteiger partial charge < -0.3 is 15.5 Å². The molecule has 4 heterocycles. The van der Waals surface area contributed by atoms with Crippen molar-refractivity contribution in [2.24, 2.45) is 5.92 Å². The maximum absolute atomic E-state index is 14.1. The number of halogens is 1. The summed E-state index contributed by atoms with van der Waals surface area (Å²) in [6.45, 7) is 2.83. The Morgan fingerprint density at radius 3 is 3.00 bits per heavy atom. The molecule has 0 spiro atoms. The summed E-state index contributed by atoms with van der Waals surface area (Å²) >= 11 is 0. The molecule has 24 heavy (non-hydrogen) atoms. The monoisotopic (exact) mass is 325 g/mol. The molecule has 2 aromatic heterocycles. The summed E-state index contributed by atoms with van der Waals surface area (Å²) in [6, 6.07) is 6.18. The summed E-state index contributed by atoms with van der Waals surface area (Å²) in [6.07, 6.45) is 2.96. The Labute approximate surface area is 137 Å².